The minimum atomic E-state index is -4.88. The van der Waals surface area contributed by atoms with E-state index in [2.05, 4.69) is 10.1 Å². The first-order valence-corrected chi connectivity index (χ1v) is 8.33. The van der Waals surface area contributed by atoms with E-state index in [9.17, 15) is 36.9 Å². The lowest BCUT2D eigenvalue weighted by Crippen LogP contribution is -2.27. The Bertz CT molecular complexity index is 933. The van der Waals surface area contributed by atoms with Crippen LogP contribution in [0.15, 0.2) is 36.4 Å². The smallest absolute Gasteiger partial charge is 0.406 e. The molecule has 0 atom stereocenters. The van der Waals surface area contributed by atoms with Crippen molar-refractivity contribution in [2.45, 2.75) is 19.7 Å². The molecule has 7 nitrogen and oxygen atoms in total. The van der Waals surface area contributed by atoms with Crippen molar-refractivity contribution in [1.82, 2.24) is 0 Å². The summed E-state index contributed by atoms with van der Waals surface area (Å²) in [4.78, 5) is 24.2. The number of nitrogens with one attached hydrogen (secondary N) is 1. The number of alkyl halides is 5. The number of nitrogens with zero attached hydrogens (tertiary/aromatic N) is 2. The molecule has 0 aliphatic carbocycles. The van der Waals surface area contributed by atoms with E-state index in [1.807, 2.05) is 0 Å². The minimum absolute atomic E-state index is 0.0351. The maximum atomic E-state index is 12.8. The highest BCUT2D eigenvalue weighted by atomic mass is 19.4. The van der Waals surface area contributed by atoms with E-state index in [4.69, 9.17) is 0 Å². The molecule has 0 aliphatic heterocycles. The summed E-state index contributed by atoms with van der Waals surface area (Å²) in [6.07, 6.45) is -7.60. The number of carbonyl (C=O) groups excluding carboxylic acids is 1. The summed E-state index contributed by atoms with van der Waals surface area (Å²) < 4.78 is 65.9. The number of halogens is 5. The maximum Gasteiger partial charge on any atom is 0.573 e. The Balaban J connectivity index is 2.34. The van der Waals surface area contributed by atoms with Gasteiger partial charge >= 0.3 is 6.36 Å². The second-order valence-corrected chi connectivity index (χ2v) is 6.21. The number of carbonyl (C=O) groups is 1. The first-order valence-electron chi connectivity index (χ1n) is 8.33. The lowest BCUT2D eigenvalue weighted by Gasteiger charge is -2.22. The summed E-state index contributed by atoms with van der Waals surface area (Å²) in [5.74, 6) is -1.37. The highest BCUT2D eigenvalue weighted by molar-refractivity contribution is 6.08. The number of hydrogen-bond acceptors (Lipinski definition) is 5. The Morgan fingerprint density at radius 2 is 1.83 bits per heavy atom. The van der Waals surface area contributed by atoms with Crippen molar-refractivity contribution < 1.29 is 36.4 Å². The number of hydrogen-bond donors (Lipinski definition) is 1. The van der Waals surface area contributed by atoms with Crippen LogP contribution in [-0.4, -0.2) is 37.2 Å². The van der Waals surface area contributed by atoms with Crippen LogP contribution in [-0.2, 0) is 0 Å². The van der Waals surface area contributed by atoms with Crippen molar-refractivity contribution in [3.8, 4) is 5.75 Å². The van der Waals surface area contributed by atoms with Gasteiger partial charge in [-0.1, -0.05) is 0 Å². The summed E-state index contributed by atoms with van der Waals surface area (Å²) in [6.45, 7) is 0.680. The van der Waals surface area contributed by atoms with Crippen LogP contribution < -0.4 is 15.0 Å². The van der Waals surface area contributed by atoms with Gasteiger partial charge in [0.25, 0.3) is 18.0 Å². The third-order valence-electron chi connectivity index (χ3n) is 3.92. The number of nitro groups is 1. The summed E-state index contributed by atoms with van der Waals surface area (Å²) >= 11 is 0. The van der Waals surface area contributed by atoms with E-state index in [-0.39, 0.29) is 28.2 Å². The number of rotatable bonds is 7. The molecular weight excluding hydrogens is 417 g/mol. The second kappa shape index (κ2) is 8.93. The number of anilines is 2. The van der Waals surface area contributed by atoms with Gasteiger partial charge in [-0.3, -0.25) is 14.9 Å². The molecule has 0 aromatic heterocycles. The number of benzene rings is 2. The fourth-order valence-electron chi connectivity index (χ4n) is 2.62. The third kappa shape index (κ3) is 6.03. The molecule has 2 aromatic rings. The molecule has 2 aromatic carbocycles. The monoisotopic (exact) mass is 433 g/mol. The van der Waals surface area contributed by atoms with Crippen LogP contribution in [0.4, 0.5) is 39.0 Å². The zero-order valence-electron chi connectivity index (χ0n) is 15.7. The van der Waals surface area contributed by atoms with Gasteiger partial charge in [-0.15, -0.1) is 13.2 Å². The molecule has 12 heteroatoms. The van der Waals surface area contributed by atoms with E-state index >= 15 is 0 Å². The predicted molar refractivity (Wildman–Crippen MR) is 98.2 cm³/mol. The molecule has 0 unspecified atom stereocenters. The van der Waals surface area contributed by atoms with Crippen molar-refractivity contribution in [3.63, 3.8) is 0 Å². The molecule has 162 valence electrons. The Kier molecular flexibility index (Phi) is 6.80. The van der Waals surface area contributed by atoms with Crippen molar-refractivity contribution in [1.29, 1.82) is 0 Å². The Hall–Kier alpha value is -3.44. The molecule has 0 spiro atoms. The predicted octanol–water partition coefficient (Wildman–Crippen LogP) is 4.76. The zero-order chi connectivity index (χ0) is 22.6. The van der Waals surface area contributed by atoms with Crippen LogP contribution in [0.2, 0.25) is 0 Å². The number of ether oxygens (including phenoxy) is 1. The second-order valence-electron chi connectivity index (χ2n) is 6.21. The first-order chi connectivity index (χ1) is 13.9. The van der Waals surface area contributed by atoms with Crippen molar-refractivity contribution in [2.75, 3.05) is 23.8 Å². The summed E-state index contributed by atoms with van der Waals surface area (Å²) in [7, 11) is 1.30. The summed E-state index contributed by atoms with van der Waals surface area (Å²) in [5, 5.41) is 13.6. The lowest BCUT2D eigenvalue weighted by atomic mass is 10.1. The average molecular weight is 433 g/mol. The normalized spacial score (nSPS) is 11.3. The van der Waals surface area contributed by atoms with Gasteiger partial charge in [-0.05, 0) is 37.3 Å². The van der Waals surface area contributed by atoms with Crippen LogP contribution in [0.1, 0.15) is 15.9 Å². The van der Waals surface area contributed by atoms with Gasteiger partial charge in [-0.25, -0.2) is 8.78 Å². The highest BCUT2D eigenvalue weighted by Gasteiger charge is 2.31. The minimum Gasteiger partial charge on any atom is -0.406 e. The molecule has 0 aliphatic rings. The Morgan fingerprint density at radius 3 is 2.33 bits per heavy atom. The Labute approximate surface area is 167 Å². The van der Waals surface area contributed by atoms with E-state index in [1.54, 1.807) is 0 Å². The molecule has 0 heterocycles. The van der Waals surface area contributed by atoms with Crippen LogP contribution >= 0.6 is 0 Å². The molecule has 1 amide bonds. The highest BCUT2D eigenvalue weighted by Crippen LogP contribution is 2.30. The van der Waals surface area contributed by atoms with Gasteiger partial charge in [0, 0.05) is 24.4 Å². The van der Waals surface area contributed by atoms with Crippen LogP contribution in [0, 0.1) is 17.0 Å². The van der Waals surface area contributed by atoms with E-state index in [0.717, 1.165) is 35.2 Å². The van der Waals surface area contributed by atoms with Crippen LogP contribution in [0.25, 0.3) is 0 Å². The standard InChI is InChI=1S/C18H16F5N3O4/c1-10-7-15(25(2)9-16(19)20)13(8-14(10)26(28)29)17(27)24-11-3-5-12(6-4-11)30-18(21,22)23/h3-8,16H,9H2,1-2H3,(H,24,27). The maximum absolute atomic E-state index is 12.8. The lowest BCUT2D eigenvalue weighted by molar-refractivity contribution is -0.385. The SMILES string of the molecule is Cc1cc(N(C)CC(F)F)c(C(=O)Nc2ccc(OC(F)(F)F)cc2)cc1[N+](=O)[O-]. The first kappa shape index (κ1) is 22.8. The third-order valence-corrected chi connectivity index (χ3v) is 3.92. The van der Waals surface area contributed by atoms with E-state index in [1.165, 1.54) is 20.0 Å². The summed E-state index contributed by atoms with van der Waals surface area (Å²) in [6, 6.07) is 6.39. The largest absolute Gasteiger partial charge is 0.573 e. The van der Waals surface area contributed by atoms with Crippen molar-refractivity contribution in [2.24, 2.45) is 0 Å². The van der Waals surface area contributed by atoms with Gasteiger partial charge in [0.05, 0.1) is 22.7 Å². The van der Waals surface area contributed by atoms with Crippen LogP contribution in [0.3, 0.4) is 0 Å². The topological polar surface area (TPSA) is 84.7 Å². The van der Waals surface area contributed by atoms with Gasteiger partial charge < -0.3 is 15.0 Å². The molecular formula is C18H16F5N3O4. The van der Waals surface area contributed by atoms with Crippen LogP contribution in [0.5, 0.6) is 5.75 Å². The summed E-state index contributed by atoms with van der Waals surface area (Å²) in [5.41, 5.74) is -0.358. The molecule has 0 saturated heterocycles. The number of amides is 1. The number of nitro benzene ring substituents is 1. The molecule has 0 fully saturated rings. The van der Waals surface area contributed by atoms with Crippen molar-refractivity contribution >= 4 is 23.0 Å². The quantitative estimate of drug-likeness (QED) is 0.387. The van der Waals surface area contributed by atoms with Crippen molar-refractivity contribution in [3.05, 3.63) is 57.6 Å². The molecule has 30 heavy (non-hydrogen) atoms. The molecule has 0 saturated carbocycles. The number of aryl methyl sites for hydroxylation is 1. The molecule has 1 N–H and O–H groups in total. The average Bonchev–Trinajstić information content (AvgIpc) is 2.60. The fourth-order valence-corrected chi connectivity index (χ4v) is 2.62. The molecule has 0 radical (unpaired) electrons. The van der Waals surface area contributed by atoms with Gasteiger partial charge in [0.1, 0.15) is 5.75 Å². The molecule has 0 bridgehead atoms. The fraction of sp³-hybridized carbons (Fsp3) is 0.278. The van der Waals surface area contributed by atoms with Gasteiger partial charge in [0.2, 0.25) is 0 Å². The van der Waals surface area contributed by atoms with Gasteiger partial charge in [-0.2, -0.15) is 0 Å². The van der Waals surface area contributed by atoms with Gasteiger partial charge in [0.15, 0.2) is 0 Å². The molecule has 2 rings (SSSR count). The zero-order valence-corrected chi connectivity index (χ0v) is 15.7. The van der Waals surface area contributed by atoms with E-state index in [0.29, 0.717) is 0 Å². The Morgan fingerprint density at radius 1 is 1.23 bits per heavy atom. The van der Waals surface area contributed by atoms with E-state index < -0.39 is 35.9 Å².